The van der Waals surface area contributed by atoms with E-state index in [-0.39, 0.29) is 17.8 Å². The third kappa shape index (κ3) is 12.2. The van der Waals surface area contributed by atoms with E-state index in [4.69, 9.17) is 27.0 Å². The summed E-state index contributed by atoms with van der Waals surface area (Å²) >= 11 is 13.7. The molecule has 3 rings (SSSR count). The second-order valence-corrected chi connectivity index (χ2v) is 9.52. The van der Waals surface area contributed by atoms with E-state index in [0.29, 0.717) is 16.3 Å². The Kier molecular flexibility index (Phi) is 16.4. The molecule has 13 heteroatoms. The minimum atomic E-state index is -3.86. The lowest BCUT2D eigenvalue weighted by Gasteiger charge is -2.14. The first kappa shape index (κ1) is 35.3. The molecule has 10 N–H and O–H groups in total. The summed E-state index contributed by atoms with van der Waals surface area (Å²) < 4.78 is 24.1. The second kappa shape index (κ2) is 16.7. The Morgan fingerprint density at radius 2 is 1.50 bits per heavy atom. The fraction of sp³-hybridized carbons (Fsp3) is 0.174. The van der Waals surface area contributed by atoms with Crippen LogP contribution in [-0.4, -0.2) is 39.4 Å². The number of primary sulfonamides is 1. The quantitative estimate of drug-likeness (QED) is 0.279. The number of hydrogen-bond donors (Lipinski definition) is 5. The lowest BCUT2D eigenvalue weighted by molar-refractivity contribution is 0.559. The molecule has 0 unspecified atom stereocenters. The van der Waals surface area contributed by atoms with E-state index in [1.54, 1.807) is 30.3 Å². The summed E-state index contributed by atoms with van der Waals surface area (Å²) in [4.78, 5) is 4.71. The molecule has 0 spiro atoms. The number of aliphatic hydroxyl groups excluding tert-OH is 2. The van der Waals surface area contributed by atoms with Crippen molar-refractivity contribution in [1.82, 2.24) is 4.98 Å². The number of sulfonamides is 1. The van der Waals surface area contributed by atoms with Crippen molar-refractivity contribution in [1.29, 1.82) is 0 Å². The van der Waals surface area contributed by atoms with Gasteiger partial charge in [0.2, 0.25) is 10.0 Å². The molecule has 0 aliphatic carbocycles. The number of benzene rings is 2. The van der Waals surface area contributed by atoms with E-state index in [0.717, 1.165) is 29.5 Å². The lowest BCUT2D eigenvalue weighted by atomic mass is 9.97. The first-order chi connectivity index (χ1) is 15.9. The van der Waals surface area contributed by atoms with E-state index in [2.05, 4.69) is 47.8 Å². The van der Waals surface area contributed by atoms with Gasteiger partial charge in [-0.2, -0.15) is 0 Å². The summed E-state index contributed by atoms with van der Waals surface area (Å²) in [5.41, 5.74) is 12.7. The number of rotatable bonds is 5. The molecule has 0 fully saturated rings. The van der Waals surface area contributed by atoms with Crippen LogP contribution < -0.4 is 16.6 Å². The molecule has 9 nitrogen and oxygen atoms in total. The van der Waals surface area contributed by atoms with Crippen LogP contribution in [-0.2, 0) is 16.4 Å². The van der Waals surface area contributed by atoms with Gasteiger partial charge in [0, 0.05) is 27.9 Å². The predicted molar refractivity (Wildman–Crippen MR) is 155 cm³/mol. The van der Waals surface area contributed by atoms with Gasteiger partial charge in [-0.3, -0.25) is 4.98 Å². The van der Waals surface area contributed by atoms with Crippen molar-refractivity contribution in [2.75, 3.05) is 0 Å². The Balaban J connectivity index is 0. The predicted octanol–water partition coefficient (Wildman–Crippen LogP) is 4.06. The number of pyridine rings is 1. The van der Waals surface area contributed by atoms with Gasteiger partial charge in [0.05, 0.1) is 10.6 Å². The zero-order valence-electron chi connectivity index (χ0n) is 18.7. The topological polar surface area (TPSA) is 197 Å². The van der Waals surface area contributed by atoms with E-state index in [1.807, 2.05) is 24.4 Å². The van der Waals surface area contributed by atoms with Crippen LogP contribution in [0.3, 0.4) is 0 Å². The van der Waals surface area contributed by atoms with Crippen molar-refractivity contribution in [2.24, 2.45) is 16.6 Å². The molecule has 1 aromatic heterocycles. The van der Waals surface area contributed by atoms with Gasteiger partial charge in [0.15, 0.2) is 0 Å². The first-order valence-corrected chi connectivity index (χ1v) is 12.4. The highest BCUT2D eigenvalue weighted by Crippen LogP contribution is 2.35. The SMILES string of the molecule is C.CCCc1cnc(-c2ccc(Cl)cc2)c(-c2ccccc2S(N)(=O)=O)c1.NC(O)=S.NC(O)=S.O. The molecule has 0 radical (unpaired) electrons. The molecule has 0 atom stereocenters. The molecule has 3 aromatic rings. The summed E-state index contributed by atoms with van der Waals surface area (Å²) in [5.74, 6) is 0. The summed E-state index contributed by atoms with van der Waals surface area (Å²) in [6, 6.07) is 16.0. The molecule has 36 heavy (non-hydrogen) atoms. The Bertz CT molecular complexity index is 1220. The van der Waals surface area contributed by atoms with Gasteiger partial charge in [0.1, 0.15) is 0 Å². The van der Waals surface area contributed by atoms with Crippen LogP contribution in [0.25, 0.3) is 22.4 Å². The number of hydrogen-bond acceptors (Lipinski definition) is 5. The fourth-order valence-electron chi connectivity index (χ4n) is 2.91. The molecule has 0 bridgehead atoms. The van der Waals surface area contributed by atoms with Gasteiger partial charge >= 0.3 is 0 Å². The molecule has 0 aliphatic rings. The summed E-state index contributed by atoms with van der Waals surface area (Å²) in [6.45, 7) is 2.09. The van der Waals surface area contributed by atoms with Crippen molar-refractivity contribution < 1.29 is 24.1 Å². The number of nitrogens with zero attached hydrogens (tertiary/aromatic N) is 1. The van der Waals surface area contributed by atoms with E-state index in [9.17, 15) is 8.42 Å². The van der Waals surface area contributed by atoms with Crippen LogP contribution >= 0.6 is 36.0 Å². The van der Waals surface area contributed by atoms with Crippen LogP contribution in [0.5, 0.6) is 0 Å². The fourth-order valence-corrected chi connectivity index (χ4v) is 3.79. The maximum absolute atomic E-state index is 12.1. The Hall–Kier alpha value is -2.87. The maximum atomic E-state index is 12.1. The molecule has 2 aromatic carbocycles. The lowest BCUT2D eigenvalue weighted by Crippen LogP contribution is -2.13. The third-order valence-corrected chi connectivity index (χ3v) is 5.31. The minimum absolute atomic E-state index is 0. The van der Waals surface area contributed by atoms with Gasteiger partial charge in [-0.1, -0.05) is 62.7 Å². The van der Waals surface area contributed by atoms with Gasteiger partial charge < -0.3 is 27.2 Å². The number of aryl methyl sites for hydroxylation is 1. The smallest absolute Gasteiger partial charge is 0.251 e. The number of halogens is 1. The van der Waals surface area contributed by atoms with Crippen molar-refractivity contribution in [3.05, 3.63) is 71.4 Å². The van der Waals surface area contributed by atoms with E-state index < -0.39 is 20.4 Å². The van der Waals surface area contributed by atoms with E-state index >= 15 is 0 Å². The largest absolute Gasteiger partial charge is 0.487 e. The number of aliphatic hydroxyl groups is 2. The average Bonchev–Trinajstić information content (AvgIpc) is 2.73. The van der Waals surface area contributed by atoms with E-state index in [1.165, 1.54) is 6.07 Å². The third-order valence-electron chi connectivity index (χ3n) is 4.08. The van der Waals surface area contributed by atoms with Crippen molar-refractivity contribution in [3.8, 4) is 22.4 Å². The van der Waals surface area contributed by atoms with Gasteiger partial charge in [0.25, 0.3) is 10.3 Å². The summed E-state index contributed by atoms with van der Waals surface area (Å²) in [7, 11) is -3.86. The van der Waals surface area contributed by atoms with Crippen molar-refractivity contribution in [2.45, 2.75) is 32.1 Å². The highest BCUT2D eigenvalue weighted by Gasteiger charge is 2.19. The normalized spacial score (nSPS) is 9.64. The van der Waals surface area contributed by atoms with Gasteiger partial charge in [-0.15, -0.1) is 0 Å². The van der Waals surface area contributed by atoms with Crippen molar-refractivity contribution in [3.63, 3.8) is 0 Å². The van der Waals surface area contributed by atoms with Crippen LogP contribution in [0.1, 0.15) is 26.3 Å². The molecular formula is C23H31ClN4O5S3. The zero-order valence-corrected chi connectivity index (χ0v) is 21.9. The Morgan fingerprint density at radius 1 is 1.00 bits per heavy atom. The van der Waals surface area contributed by atoms with Crippen LogP contribution in [0.2, 0.25) is 5.02 Å². The molecule has 0 saturated heterocycles. The minimum Gasteiger partial charge on any atom is -0.487 e. The highest BCUT2D eigenvalue weighted by atomic mass is 35.5. The monoisotopic (exact) mass is 574 g/mol. The Labute approximate surface area is 227 Å². The number of aromatic nitrogens is 1. The average molecular weight is 575 g/mol. The molecular weight excluding hydrogens is 544 g/mol. The zero-order chi connectivity index (χ0) is 25.9. The first-order valence-electron chi connectivity index (χ1n) is 9.70. The van der Waals surface area contributed by atoms with Crippen LogP contribution in [0.15, 0.2) is 65.7 Å². The van der Waals surface area contributed by atoms with Crippen LogP contribution in [0, 0.1) is 0 Å². The summed E-state index contributed by atoms with van der Waals surface area (Å²) in [5, 5.41) is 20.2. The Morgan fingerprint density at radius 3 is 1.97 bits per heavy atom. The summed E-state index contributed by atoms with van der Waals surface area (Å²) in [6.07, 6.45) is 3.66. The van der Waals surface area contributed by atoms with Crippen LogP contribution in [0.4, 0.5) is 0 Å². The standard InChI is InChI=1S/C20H19ClN2O2S.2CH3NOS.CH4.H2O/c1-2-5-14-12-18(17-6-3-4-7-19(17)26(22,24)25)20(23-13-14)15-8-10-16(21)11-9-15;2*2-1(3)4;;/h3-4,6-13H,2,5H2,1H3,(H2,22,24,25);2*(H3,2,3,4);1H4;1H2. The molecule has 0 saturated carbocycles. The molecule has 0 aliphatic heterocycles. The number of thiocarbonyl (C=S) groups is 2. The van der Waals surface area contributed by atoms with Crippen molar-refractivity contribution >= 4 is 56.4 Å². The van der Waals surface area contributed by atoms with Gasteiger partial charge in [-0.05, 0) is 60.7 Å². The molecule has 198 valence electrons. The molecule has 0 amide bonds. The molecule has 1 heterocycles. The maximum Gasteiger partial charge on any atom is 0.251 e. The highest BCUT2D eigenvalue weighted by molar-refractivity contribution is 7.89. The van der Waals surface area contributed by atoms with Gasteiger partial charge in [-0.25, -0.2) is 13.6 Å². The number of nitrogens with two attached hydrogens (primary N) is 3. The second-order valence-electron chi connectivity index (χ2n) is 6.71.